The average Bonchev–Trinajstić information content (AvgIpc) is 2.95. The van der Waals surface area contributed by atoms with Crippen LogP contribution in [-0.4, -0.2) is 0 Å². The van der Waals surface area contributed by atoms with Gasteiger partial charge in [0.25, 0.3) is 0 Å². The smallest absolute Gasteiger partial charge is 0.00138 e. The molecule has 0 heteroatoms. The molecule has 1 aromatic carbocycles. The van der Waals surface area contributed by atoms with Crippen molar-refractivity contribution in [2.75, 3.05) is 0 Å². The molecule has 0 nitrogen and oxygen atoms in total. The van der Waals surface area contributed by atoms with Crippen LogP contribution in [0.1, 0.15) is 24.5 Å². The number of aryl methyl sites for hydroxylation is 1. The molecule has 0 aliphatic heterocycles. The van der Waals surface area contributed by atoms with Gasteiger partial charge < -0.3 is 0 Å². The van der Waals surface area contributed by atoms with Crippen LogP contribution in [0.5, 0.6) is 0 Å². The van der Waals surface area contributed by atoms with E-state index >= 15 is 0 Å². The Hall–Kier alpha value is -1.56. The summed E-state index contributed by atoms with van der Waals surface area (Å²) in [6.07, 6.45) is 5.40. The zero-order chi connectivity index (χ0) is 10.8. The van der Waals surface area contributed by atoms with Crippen molar-refractivity contribution in [2.24, 2.45) is 0 Å². The van der Waals surface area contributed by atoms with E-state index in [0.717, 1.165) is 12.0 Å². The van der Waals surface area contributed by atoms with Crippen molar-refractivity contribution in [3.63, 3.8) is 0 Å². The molecular formula is C15H16. The molecule has 0 saturated carbocycles. The first kappa shape index (κ1) is 9.97. The third-order valence-corrected chi connectivity index (χ3v) is 2.67. The van der Waals surface area contributed by atoms with Crippen molar-refractivity contribution >= 4 is 5.57 Å². The van der Waals surface area contributed by atoms with Crippen LogP contribution in [-0.2, 0) is 0 Å². The highest BCUT2D eigenvalue weighted by Gasteiger charge is 2.21. The van der Waals surface area contributed by atoms with Gasteiger partial charge in [0.05, 0.1) is 0 Å². The molecule has 0 saturated heterocycles. The summed E-state index contributed by atoms with van der Waals surface area (Å²) in [5.74, 6) is 0. The van der Waals surface area contributed by atoms with Crippen LogP contribution in [0, 0.1) is 6.92 Å². The molecule has 0 atom stereocenters. The largest absolute Gasteiger partial charge is 0.0961 e. The number of rotatable bonds is 3. The van der Waals surface area contributed by atoms with E-state index < -0.39 is 0 Å². The Labute approximate surface area is 91.6 Å². The zero-order valence-electron chi connectivity index (χ0n) is 9.38. The third-order valence-electron chi connectivity index (χ3n) is 2.67. The molecule has 0 heterocycles. The highest BCUT2D eigenvalue weighted by molar-refractivity contribution is 5.86. The van der Waals surface area contributed by atoms with Gasteiger partial charge >= 0.3 is 0 Å². The topological polar surface area (TPSA) is 0 Å². The molecule has 0 bridgehead atoms. The van der Waals surface area contributed by atoms with E-state index in [9.17, 15) is 0 Å². The molecule has 0 amide bonds. The van der Waals surface area contributed by atoms with E-state index in [2.05, 4.69) is 49.9 Å². The zero-order valence-corrected chi connectivity index (χ0v) is 9.38. The minimum absolute atomic E-state index is 1.11. The molecular weight excluding hydrogens is 180 g/mol. The predicted octanol–water partition coefficient (Wildman–Crippen LogP) is 4.28. The first-order chi connectivity index (χ1) is 7.18. The average molecular weight is 196 g/mol. The van der Waals surface area contributed by atoms with Gasteiger partial charge in [-0.1, -0.05) is 48.6 Å². The normalized spacial score (nSPS) is 14.8. The van der Waals surface area contributed by atoms with Crippen molar-refractivity contribution in [1.29, 1.82) is 0 Å². The summed E-state index contributed by atoms with van der Waals surface area (Å²) >= 11 is 0. The molecule has 0 radical (unpaired) electrons. The Bertz CT molecular complexity index is 459. The van der Waals surface area contributed by atoms with Gasteiger partial charge in [-0.05, 0) is 42.5 Å². The standard InChI is InChI=1S/C15H16/c1-11(2)8-9-13-10-15(13)14-7-5-4-6-12(14)3/h4-9H,1,10H2,2-3H3/b9-8-. The van der Waals surface area contributed by atoms with Crippen molar-refractivity contribution in [2.45, 2.75) is 20.3 Å². The molecule has 0 N–H and O–H groups in total. The van der Waals surface area contributed by atoms with Gasteiger partial charge in [-0.2, -0.15) is 0 Å². The summed E-state index contributed by atoms with van der Waals surface area (Å²) < 4.78 is 0. The maximum absolute atomic E-state index is 3.86. The van der Waals surface area contributed by atoms with Gasteiger partial charge in [-0.15, -0.1) is 0 Å². The van der Waals surface area contributed by atoms with Crippen LogP contribution in [0.2, 0.25) is 0 Å². The Morgan fingerprint density at radius 3 is 2.73 bits per heavy atom. The SMILES string of the molecule is C=C(C)/C=C\C1=C(c2ccccc2C)C1. The highest BCUT2D eigenvalue weighted by Crippen LogP contribution is 2.41. The molecule has 1 aliphatic rings. The van der Waals surface area contributed by atoms with Gasteiger partial charge in [0, 0.05) is 0 Å². The predicted molar refractivity (Wildman–Crippen MR) is 66.7 cm³/mol. The minimum atomic E-state index is 1.11. The van der Waals surface area contributed by atoms with Crippen LogP contribution in [0.15, 0.2) is 54.1 Å². The van der Waals surface area contributed by atoms with Crippen LogP contribution in [0.4, 0.5) is 0 Å². The van der Waals surface area contributed by atoms with Crippen LogP contribution in [0.3, 0.4) is 0 Å². The molecule has 0 unspecified atom stereocenters. The molecule has 76 valence electrons. The fraction of sp³-hybridized carbons (Fsp3) is 0.200. The van der Waals surface area contributed by atoms with E-state index in [1.165, 1.54) is 22.3 Å². The van der Waals surface area contributed by atoms with Crippen molar-refractivity contribution in [1.82, 2.24) is 0 Å². The van der Waals surface area contributed by atoms with Crippen molar-refractivity contribution < 1.29 is 0 Å². The van der Waals surface area contributed by atoms with Gasteiger partial charge in [-0.3, -0.25) is 0 Å². The number of hydrogen-bond acceptors (Lipinski definition) is 0. The Balaban J connectivity index is 2.22. The molecule has 0 aromatic heterocycles. The van der Waals surface area contributed by atoms with Crippen LogP contribution < -0.4 is 0 Å². The summed E-state index contributed by atoms with van der Waals surface area (Å²) in [5.41, 5.74) is 6.82. The summed E-state index contributed by atoms with van der Waals surface area (Å²) in [7, 11) is 0. The lowest BCUT2D eigenvalue weighted by Gasteiger charge is -1.98. The fourth-order valence-corrected chi connectivity index (χ4v) is 1.73. The Morgan fingerprint density at radius 2 is 2.07 bits per heavy atom. The van der Waals surface area contributed by atoms with E-state index in [0.29, 0.717) is 0 Å². The van der Waals surface area contributed by atoms with Crippen molar-refractivity contribution in [3.05, 3.63) is 65.3 Å². The molecule has 1 aromatic rings. The molecule has 2 rings (SSSR count). The van der Waals surface area contributed by atoms with Crippen molar-refractivity contribution in [3.8, 4) is 0 Å². The maximum Gasteiger partial charge on any atom is -0.00138 e. The maximum atomic E-state index is 3.86. The first-order valence-electron chi connectivity index (χ1n) is 5.30. The second-order valence-corrected chi connectivity index (χ2v) is 4.18. The molecule has 1 aliphatic carbocycles. The monoisotopic (exact) mass is 196 g/mol. The Morgan fingerprint density at radius 1 is 1.33 bits per heavy atom. The van der Waals surface area contributed by atoms with Crippen LogP contribution in [0.25, 0.3) is 5.57 Å². The fourth-order valence-electron chi connectivity index (χ4n) is 1.73. The second kappa shape index (κ2) is 3.90. The van der Waals surface area contributed by atoms with Gasteiger partial charge in [-0.25, -0.2) is 0 Å². The highest BCUT2D eigenvalue weighted by atomic mass is 14.2. The first-order valence-corrected chi connectivity index (χ1v) is 5.30. The molecule has 15 heavy (non-hydrogen) atoms. The summed E-state index contributed by atoms with van der Waals surface area (Å²) in [4.78, 5) is 0. The van der Waals surface area contributed by atoms with Gasteiger partial charge in [0.15, 0.2) is 0 Å². The van der Waals surface area contributed by atoms with E-state index in [-0.39, 0.29) is 0 Å². The summed E-state index contributed by atoms with van der Waals surface area (Å²) in [6, 6.07) is 8.56. The van der Waals surface area contributed by atoms with Gasteiger partial charge in [0.1, 0.15) is 0 Å². The minimum Gasteiger partial charge on any atom is -0.0961 e. The lowest BCUT2D eigenvalue weighted by molar-refractivity contribution is 1.42. The lowest BCUT2D eigenvalue weighted by Crippen LogP contribution is -1.78. The Kier molecular flexibility index (Phi) is 2.59. The molecule has 0 spiro atoms. The van der Waals surface area contributed by atoms with E-state index in [1.54, 1.807) is 0 Å². The summed E-state index contributed by atoms with van der Waals surface area (Å²) in [5, 5.41) is 0. The third kappa shape index (κ3) is 2.27. The number of hydrogen-bond donors (Lipinski definition) is 0. The number of benzene rings is 1. The lowest BCUT2D eigenvalue weighted by atomic mass is 10.1. The number of allylic oxidation sites excluding steroid dienone is 5. The van der Waals surface area contributed by atoms with Crippen LogP contribution >= 0.6 is 0 Å². The quantitative estimate of drug-likeness (QED) is 0.633. The summed E-state index contributed by atoms with van der Waals surface area (Å²) in [6.45, 7) is 8.05. The van der Waals surface area contributed by atoms with Gasteiger partial charge in [0.2, 0.25) is 0 Å². The van der Waals surface area contributed by atoms with E-state index in [1.807, 2.05) is 6.92 Å². The molecule has 0 fully saturated rings. The van der Waals surface area contributed by atoms with E-state index in [4.69, 9.17) is 0 Å². The second-order valence-electron chi connectivity index (χ2n) is 4.18.